The van der Waals surface area contributed by atoms with Gasteiger partial charge in [0.25, 0.3) is 5.91 Å². The number of halogens is 1. The molecule has 0 spiro atoms. The number of aromatic nitrogens is 2. The largest absolute Gasteiger partial charge is 0.483 e. The maximum absolute atomic E-state index is 12.2. The van der Waals surface area contributed by atoms with Crippen molar-refractivity contribution in [3.8, 4) is 17.1 Å². The summed E-state index contributed by atoms with van der Waals surface area (Å²) in [6, 6.07) is 20.6. The number of imidazole rings is 1. The van der Waals surface area contributed by atoms with Crippen molar-refractivity contribution in [2.75, 3.05) is 11.9 Å². The molecular formula is C22H18ClN3O2. The summed E-state index contributed by atoms with van der Waals surface area (Å²) in [7, 11) is 0. The lowest BCUT2D eigenvalue weighted by Crippen LogP contribution is -2.20. The predicted octanol–water partition coefficient (Wildman–Crippen LogP) is 5.21. The van der Waals surface area contributed by atoms with E-state index in [-0.39, 0.29) is 12.5 Å². The van der Waals surface area contributed by atoms with Crippen LogP contribution >= 0.6 is 11.6 Å². The van der Waals surface area contributed by atoms with Crippen LogP contribution in [0.25, 0.3) is 22.4 Å². The van der Waals surface area contributed by atoms with Crippen molar-refractivity contribution in [1.29, 1.82) is 0 Å². The molecule has 0 aliphatic carbocycles. The smallest absolute Gasteiger partial charge is 0.262 e. The number of nitrogens with one attached hydrogen (secondary N) is 2. The van der Waals surface area contributed by atoms with E-state index in [0.29, 0.717) is 16.6 Å². The minimum atomic E-state index is -0.227. The van der Waals surface area contributed by atoms with E-state index in [1.54, 1.807) is 6.07 Å². The number of anilines is 1. The van der Waals surface area contributed by atoms with Crippen LogP contribution in [0.2, 0.25) is 5.02 Å². The van der Waals surface area contributed by atoms with Gasteiger partial charge in [0.15, 0.2) is 6.61 Å². The molecule has 1 aromatic heterocycles. The van der Waals surface area contributed by atoms with E-state index >= 15 is 0 Å². The van der Waals surface area contributed by atoms with Crippen molar-refractivity contribution in [2.45, 2.75) is 6.92 Å². The summed E-state index contributed by atoms with van der Waals surface area (Å²) in [6.07, 6.45) is 0. The lowest BCUT2D eigenvalue weighted by atomic mass is 10.2. The molecule has 6 heteroatoms. The fourth-order valence-corrected chi connectivity index (χ4v) is 3.05. The Balaban J connectivity index is 1.51. The number of nitrogens with zero attached hydrogens (tertiary/aromatic N) is 1. The van der Waals surface area contributed by atoms with Gasteiger partial charge in [0.2, 0.25) is 0 Å². The number of ether oxygens (including phenoxy) is 1. The van der Waals surface area contributed by atoms with Crippen LogP contribution in [0.15, 0.2) is 66.7 Å². The molecule has 0 fully saturated rings. The van der Waals surface area contributed by atoms with Crippen LogP contribution in [0, 0.1) is 6.92 Å². The van der Waals surface area contributed by atoms with Crippen LogP contribution in [0.4, 0.5) is 5.69 Å². The Bertz CT molecular complexity index is 1140. The number of amides is 1. The molecule has 0 saturated carbocycles. The zero-order valence-corrected chi connectivity index (χ0v) is 16.0. The number of para-hydroxylation sites is 1. The summed E-state index contributed by atoms with van der Waals surface area (Å²) in [5, 5.41) is 3.46. The van der Waals surface area contributed by atoms with Gasteiger partial charge in [0.05, 0.1) is 16.6 Å². The Morgan fingerprint density at radius 2 is 1.89 bits per heavy atom. The van der Waals surface area contributed by atoms with Gasteiger partial charge in [0, 0.05) is 10.7 Å². The number of rotatable bonds is 5. The van der Waals surface area contributed by atoms with Gasteiger partial charge in [-0.25, -0.2) is 4.98 Å². The fraction of sp³-hybridized carbons (Fsp3) is 0.0909. The van der Waals surface area contributed by atoms with E-state index in [9.17, 15) is 4.79 Å². The molecule has 5 nitrogen and oxygen atoms in total. The average Bonchev–Trinajstić information content (AvgIpc) is 3.11. The topological polar surface area (TPSA) is 67.0 Å². The highest BCUT2D eigenvalue weighted by Gasteiger charge is 2.12. The second-order valence-corrected chi connectivity index (χ2v) is 6.88. The van der Waals surface area contributed by atoms with Crippen LogP contribution in [0.1, 0.15) is 5.56 Å². The van der Waals surface area contributed by atoms with Crippen LogP contribution in [0.5, 0.6) is 5.75 Å². The van der Waals surface area contributed by atoms with Crippen molar-refractivity contribution in [3.05, 3.63) is 77.3 Å². The molecule has 0 aliphatic rings. The highest BCUT2D eigenvalue weighted by molar-refractivity contribution is 6.31. The van der Waals surface area contributed by atoms with Gasteiger partial charge in [-0.15, -0.1) is 0 Å². The summed E-state index contributed by atoms with van der Waals surface area (Å²) in [6.45, 7) is 1.90. The number of hydrogen-bond acceptors (Lipinski definition) is 3. The fourth-order valence-electron chi connectivity index (χ4n) is 2.87. The van der Waals surface area contributed by atoms with Crippen molar-refractivity contribution in [3.63, 3.8) is 0 Å². The Kier molecular flexibility index (Phi) is 5.00. The molecule has 4 aromatic rings. The van der Waals surface area contributed by atoms with Crippen LogP contribution < -0.4 is 10.1 Å². The third-order valence-electron chi connectivity index (χ3n) is 4.28. The average molecular weight is 392 g/mol. The summed E-state index contributed by atoms with van der Waals surface area (Å²) >= 11 is 6.05. The second-order valence-electron chi connectivity index (χ2n) is 6.45. The van der Waals surface area contributed by atoms with Crippen molar-refractivity contribution < 1.29 is 9.53 Å². The number of H-pyrrole nitrogens is 1. The third kappa shape index (κ3) is 4.00. The maximum Gasteiger partial charge on any atom is 0.262 e. The number of aryl methyl sites for hydroxylation is 1. The van der Waals surface area contributed by atoms with E-state index < -0.39 is 0 Å². The van der Waals surface area contributed by atoms with E-state index in [0.717, 1.165) is 27.8 Å². The quantitative estimate of drug-likeness (QED) is 0.490. The number of carbonyl (C=O) groups is 1. The van der Waals surface area contributed by atoms with Crippen LogP contribution in [0.3, 0.4) is 0 Å². The van der Waals surface area contributed by atoms with Crippen molar-refractivity contribution >= 4 is 34.2 Å². The van der Waals surface area contributed by atoms with Crippen molar-refractivity contribution in [1.82, 2.24) is 9.97 Å². The van der Waals surface area contributed by atoms with Gasteiger partial charge in [-0.3, -0.25) is 4.79 Å². The molecule has 0 saturated heterocycles. The van der Waals surface area contributed by atoms with E-state index in [1.165, 1.54) is 0 Å². The second kappa shape index (κ2) is 7.74. The molecule has 0 bridgehead atoms. The lowest BCUT2D eigenvalue weighted by Gasteiger charge is -2.10. The lowest BCUT2D eigenvalue weighted by molar-refractivity contribution is -0.118. The molecule has 140 valence electrons. The number of carbonyl (C=O) groups excluding carboxylic acids is 1. The molecule has 0 atom stereocenters. The highest BCUT2D eigenvalue weighted by Crippen LogP contribution is 2.30. The third-order valence-corrected chi connectivity index (χ3v) is 4.52. The highest BCUT2D eigenvalue weighted by atomic mass is 35.5. The zero-order valence-electron chi connectivity index (χ0n) is 15.2. The molecule has 4 rings (SSSR count). The molecule has 3 aromatic carbocycles. The first kappa shape index (κ1) is 18.1. The first-order valence-electron chi connectivity index (χ1n) is 8.82. The summed E-state index contributed by atoms with van der Waals surface area (Å²) in [5.74, 6) is 1.01. The Hall–Kier alpha value is -3.31. The molecular weight excluding hydrogens is 374 g/mol. The standard InChI is InChI=1S/C22H18ClN3O2/c1-14-6-9-16(10-7-14)24-21(27)13-28-20-5-3-2-4-17(20)22-25-18-11-8-15(23)12-19(18)26-22/h2-12H,13H2,1H3,(H,24,27)(H,25,26). The van der Waals surface area contributed by atoms with Crippen LogP contribution in [-0.4, -0.2) is 22.5 Å². The summed E-state index contributed by atoms with van der Waals surface area (Å²) < 4.78 is 5.77. The molecule has 0 aliphatic heterocycles. The summed E-state index contributed by atoms with van der Waals surface area (Å²) in [5.41, 5.74) is 4.30. The first-order chi connectivity index (χ1) is 13.6. The number of benzene rings is 3. The van der Waals surface area contributed by atoms with Gasteiger partial charge >= 0.3 is 0 Å². The van der Waals surface area contributed by atoms with Gasteiger partial charge in [-0.1, -0.05) is 41.4 Å². The molecule has 1 heterocycles. The Labute approximate surface area is 167 Å². The predicted molar refractivity (Wildman–Crippen MR) is 112 cm³/mol. The Morgan fingerprint density at radius 3 is 2.71 bits per heavy atom. The van der Waals surface area contributed by atoms with Gasteiger partial charge < -0.3 is 15.0 Å². The Morgan fingerprint density at radius 1 is 1.11 bits per heavy atom. The molecule has 28 heavy (non-hydrogen) atoms. The van der Waals surface area contributed by atoms with Crippen LogP contribution in [-0.2, 0) is 4.79 Å². The minimum absolute atomic E-state index is 0.100. The minimum Gasteiger partial charge on any atom is -0.483 e. The molecule has 0 radical (unpaired) electrons. The van der Waals surface area contributed by atoms with Gasteiger partial charge in [0.1, 0.15) is 11.6 Å². The van der Waals surface area contributed by atoms with E-state index in [1.807, 2.05) is 67.6 Å². The van der Waals surface area contributed by atoms with E-state index in [2.05, 4.69) is 15.3 Å². The zero-order chi connectivity index (χ0) is 19.5. The van der Waals surface area contributed by atoms with Gasteiger partial charge in [-0.05, 0) is 49.4 Å². The monoisotopic (exact) mass is 391 g/mol. The molecule has 0 unspecified atom stereocenters. The first-order valence-corrected chi connectivity index (χ1v) is 9.20. The SMILES string of the molecule is Cc1ccc(NC(=O)COc2ccccc2-c2nc3ccc(Cl)cc3[nH]2)cc1. The number of fused-ring (bicyclic) bond motifs is 1. The normalized spacial score (nSPS) is 10.8. The molecule has 2 N–H and O–H groups in total. The molecule has 1 amide bonds. The summed E-state index contributed by atoms with van der Waals surface area (Å²) in [4.78, 5) is 20.1. The maximum atomic E-state index is 12.2. The van der Waals surface area contributed by atoms with Gasteiger partial charge in [-0.2, -0.15) is 0 Å². The number of aromatic amines is 1. The van der Waals surface area contributed by atoms with Crippen molar-refractivity contribution in [2.24, 2.45) is 0 Å². The number of hydrogen-bond donors (Lipinski definition) is 2. The van der Waals surface area contributed by atoms with E-state index in [4.69, 9.17) is 16.3 Å².